The number of carbonyl (C=O) groups is 2. The second kappa shape index (κ2) is 10.6. The highest BCUT2D eigenvalue weighted by atomic mass is 16.5. The Bertz CT molecular complexity index is 703. The highest BCUT2D eigenvalue weighted by Crippen LogP contribution is 2.31. The monoisotopic (exact) mass is 387 g/mol. The van der Waals surface area contributed by atoms with Crippen molar-refractivity contribution in [3.63, 3.8) is 0 Å². The maximum absolute atomic E-state index is 13.0. The first kappa shape index (κ1) is 22.4. The molecule has 0 radical (unpaired) electrons. The van der Waals surface area contributed by atoms with Gasteiger partial charge in [0.15, 0.2) is 0 Å². The number of rotatable bonds is 8. The van der Waals surface area contributed by atoms with Crippen LogP contribution in [0.15, 0.2) is 0 Å². The smallest absolute Gasteiger partial charge is 0.310 e. The van der Waals surface area contributed by atoms with Gasteiger partial charge in [-0.2, -0.15) is 0 Å². The number of ether oxygens (including phenoxy) is 1. The number of carbonyl (C=O) groups excluding carboxylic acids is 2. The molecule has 0 aromatic heterocycles. The Hall–Kier alpha value is -1.84. The van der Waals surface area contributed by atoms with Gasteiger partial charge in [-0.05, 0) is 86.3 Å². The highest BCUT2D eigenvalue weighted by Gasteiger charge is 2.24. The molecular weight excluding hydrogens is 350 g/mol. The summed E-state index contributed by atoms with van der Waals surface area (Å²) in [6, 6.07) is 0. The topological polar surface area (TPSA) is 46.6 Å². The summed E-state index contributed by atoms with van der Waals surface area (Å²) in [7, 11) is 0. The lowest BCUT2D eigenvalue weighted by atomic mass is 9.82. The van der Waals surface area contributed by atoms with Crippen molar-refractivity contribution < 1.29 is 14.3 Å². The molecule has 0 saturated carbocycles. The molecule has 0 unspecified atom stereocenters. The van der Waals surface area contributed by atoms with E-state index >= 15 is 0 Å². The Morgan fingerprint density at radius 3 is 2.04 bits per heavy atom. The van der Waals surface area contributed by atoms with Crippen molar-refractivity contribution in [2.45, 2.75) is 86.0 Å². The molecule has 0 N–H and O–H groups in total. The Morgan fingerprint density at radius 2 is 1.46 bits per heavy atom. The van der Waals surface area contributed by atoms with Crippen LogP contribution in [0.25, 0.3) is 0 Å². The standard InChI is InChI=1S/C24H37NO3/c1-6-12-20-18(5)21(15-23(26)25-13-10-9-11-14-25)22(16-24(27)28-8-3)17(4)19(20)7-2/h6-16H2,1-5H3. The number of hydrogen-bond acceptors (Lipinski definition) is 3. The second-order valence-corrected chi connectivity index (χ2v) is 7.87. The minimum absolute atomic E-state index is 0.194. The van der Waals surface area contributed by atoms with Crippen molar-refractivity contribution in [1.82, 2.24) is 4.90 Å². The van der Waals surface area contributed by atoms with Crippen LogP contribution < -0.4 is 0 Å². The summed E-state index contributed by atoms with van der Waals surface area (Å²) in [6.45, 7) is 12.6. The number of piperidine rings is 1. The Balaban J connectivity index is 2.48. The predicted octanol–water partition coefficient (Wildman–Crippen LogP) is 4.48. The summed E-state index contributed by atoms with van der Waals surface area (Å²) >= 11 is 0. The van der Waals surface area contributed by atoms with E-state index in [1.165, 1.54) is 28.7 Å². The van der Waals surface area contributed by atoms with Crippen molar-refractivity contribution >= 4 is 11.9 Å². The van der Waals surface area contributed by atoms with Crippen molar-refractivity contribution in [2.75, 3.05) is 19.7 Å². The number of esters is 1. The molecule has 0 atom stereocenters. The number of likely N-dealkylation sites (tertiary alicyclic amines) is 1. The highest BCUT2D eigenvalue weighted by molar-refractivity contribution is 5.82. The number of benzene rings is 1. The van der Waals surface area contributed by atoms with E-state index in [-0.39, 0.29) is 18.3 Å². The SMILES string of the molecule is CCCc1c(C)c(CC(=O)N2CCCCC2)c(CC(=O)OCC)c(C)c1CC. The van der Waals surface area contributed by atoms with E-state index in [2.05, 4.69) is 27.7 Å². The molecule has 1 fully saturated rings. The van der Waals surface area contributed by atoms with Crippen molar-refractivity contribution in [3.05, 3.63) is 33.4 Å². The lowest BCUT2D eigenvalue weighted by Crippen LogP contribution is -2.37. The average molecular weight is 388 g/mol. The zero-order valence-corrected chi connectivity index (χ0v) is 18.5. The molecule has 2 rings (SSSR count). The van der Waals surface area contributed by atoms with Gasteiger partial charge in [0.2, 0.25) is 5.91 Å². The molecule has 1 heterocycles. The van der Waals surface area contributed by atoms with Crippen LogP contribution in [-0.4, -0.2) is 36.5 Å². The van der Waals surface area contributed by atoms with Crippen LogP contribution in [0.4, 0.5) is 0 Å². The van der Waals surface area contributed by atoms with Gasteiger partial charge in [0.25, 0.3) is 0 Å². The van der Waals surface area contributed by atoms with Gasteiger partial charge in [-0.1, -0.05) is 20.3 Å². The zero-order chi connectivity index (χ0) is 20.7. The Kier molecular flexibility index (Phi) is 8.53. The predicted molar refractivity (Wildman–Crippen MR) is 114 cm³/mol. The van der Waals surface area contributed by atoms with Crippen LogP contribution in [0.5, 0.6) is 0 Å². The number of hydrogen-bond donors (Lipinski definition) is 0. The van der Waals surface area contributed by atoms with Gasteiger partial charge in [0.1, 0.15) is 0 Å². The summed E-state index contributed by atoms with van der Waals surface area (Å²) < 4.78 is 5.23. The minimum atomic E-state index is -0.207. The maximum Gasteiger partial charge on any atom is 0.310 e. The number of nitrogens with zero attached hydrogens (tertiary/aromatic N) is 1. The third-order valence-corrected chi connectivity index (χ3v) is 6.06. The largest absolute Gasteiger partial charge is 0.466 e. The summed E-state index contributed by atoms with van der Waals surface area (Å²) in [5, 5.41) is 0. The van der Waals surface area contributed by atoms with E-state index < -0.39 is 0 Å². The molecule has 0 spiro atoms. The Labute approximate surface area is 170 Å². The first-order valence-corrected chi connectivity index (χ1v) is 11.0. The maximum atomic E-state index is 13.0. The van der Waals surface area contributed by atoms with E-state index in [1.54, 1.807) is 0 Å². The molecule has 4 heteroatoms. The van der Waals surface area contributed by atoms with E-state index in [0.29, 0.717) is 13.0 Å². The molecular formula is C24H37NO3. The van der Waals surface area contributed by atoms with Gasteiger partial charge in [-0.3, -0.25) is 9.59 Å². The van der Waals surface area contributed by atoms with Gasteiger partial charge in [-0.25, -0.2) is 0 Å². The van der Waals surface area contributed by atoms with Gasteiger partial charge >= 0.3 is 5.97 Å². The van der Waals surface area contributed by atoms with Gasteiger partial charge < -0.3 is 9.64 Å². The molecule has 1 amide bonds. The molecule has 4 nitrogen and oxygen atoms in total. The first-order valence-electron chi connectivity index (χ1n) is 11.0. The molecule has 0 bridgehead atoms. The molecule has 1 saturated heterocycles. The van der Waals surface area contributed by atoms with E-state index in [0.717, 1.165) is 56.3 Å². The van der Waals surface area contributed by atoms with Gasteiger partial charge in [0, 0.05) is 13.1 Å². The second-order valence-electron chi connectivity index (χ2n) is 7.87. The first-order chi connectivity index (χ1) is 13.4. The van der Waals surface area contributed by atoms with Gasteiger partial charge in [0.05, 0.1) is 19.4 Å². The minimum Gasteiger partial charge on any atom is -0.466 e. The molecule has 1 aliphatic heterocycles. The third kappa shape index (κ3) is 5.15. The van der Waals surface area contributed by atoms with Crippen LogP contribution in [0.1, 0.15) is 79.8 Å². The van der Waals surface area contributed by atoms with Crippen molar-refractivity contribution in [2.24, 2.45) is 0 Å². The molecule has 28 heavy (non-hydrogen) atoms. The third-order valence-electron chi connectivity index (χ3n) is 6.06. The van der Waals surface area contributed by atoms with Gasteiger partial charge in [-0.15, -0.1) is 0 Å². The van der Waals surface area contributed by atoms with Crippen molar-refractivity contribution in [1.29, 1.82) is 0 Å². The molecule has 1 aromatic carbocycles. The quantitative estimate of drug-likeness (QED) is 0.618. The Morgan fingerprint density at radius 1 is 0.857 bits per heavy atom. The van der Waals surface area contributed by atoms with E-state index in [9.17, 15) is 9.59 Å². The molecule has 156 valence electrons. The average Bonchev–Trinajstić information content (AvgIpc) is 2.69. The fraction of sp³-hybridized carbons (Fsp3) is 0.667. The molecule has 1 aliphatic rings. The summed E-state index contributed by atoms with van der Waals surface area (Å²) in [4.78, 5) is 27.3. The lowest BCUT2D eigenvalue weighted by molar-refractivity contribution is -0.142. The van der Waals surface area contributed by atoms with E-state index in [1.807, 2.05) is 11.8 Å². The fourth-order valence-corrected chi connectivity index (χ4v) is 4.58. The van der Waals surface area contributed by atoms with E-state index in [4.69, 9.17) is 4.74 Å². The molecule has 1 aromatic rings. The van der Waals surface area contributed by atoms with Crippen LogP contribution in [0, 0.1) is 13.8 Å². The summed E-state index contributed by atoms with van der Waals surface area (Å²) in [6.07, 6.45) is 7.07. The summed E-state index contributed by atoms with van der Waals surface area (Å²) in [5.74, 6) is -0.0130. The summed E-state index contributed by atoms with van der Waals surface area (Å²) in [5.41, 5.74) is 7.16. The van der Waals surface area contributed by atoms with Crippen LogP contribution in [0.2, 0.25) is 0 Å². The number of amides is 1. The van der Waals surface area contributed by atoms with Crippen LogP contribution in [0.3, 0.4) is 0 Å². The fourth-order valence-electron chi connectivity index (χ4n) is 4.58. The van der Waals surface area contributed by atoms with Crippen LogP contribution in [-0.2, 0) is 40.0 Å². The molecule has 0 aliphatic carbocycles. The normalized spacial score (nSPS) is 14.2. The zero-order valence-electron chi connectivity index (χ0n) is 18.5. The van der Waals surface area contributed by atoms with Crippen LogP contribution >= 0.6 is 0 Å². The van der Waals surface area contributed by atoms with Crippen molar-refractivity contribution in [3.8, 4) is 0 Å². The lowest BCUT2D eigenvalue weighted by Gasteiger charge is -2.29.